The zero-order valence-corrected chi connectivity index (χ0v) is 15.7. The number of allylic oxidation sites excluding steroid dienone is 8. The van der Waals surface area contributed by atoms with Gasteiger partial charge in [0.15, 0.2) is 0 Å². The molecule has 0 saturated heterocycles. The molecule has 7 heteroatoms. The number of hydrogen-bond donors (Lipinski definition) is 1. The lowest BCUT2D eigenvalue weighted by Gasteiger charge is -2.16. The van der Waals surface area contributed by atoms with Crippen molar-refractivity contribution in [3.63, 3.8) is 0 Å². The van der Waals surface area contributed by atoms with Gasteiger partial charge in [0.25, 0.3) is 5.56 Å². The maximum atomic E-state index is 13.2. The Morgan fingerprint density at radius 1 is 0.900 bits per heavy atom. The molecular weight excluding hydrogens is 378 g/mol. The van der Waals surface area contributed by atoms with Crippen LogP contribution in [0, 0.1) is 0 Å². The van der Waals surface area contributed by atoms with Crippen LogP contribution < -0.4 is 11.2 Å². The van der Waals surface area contributed by atoms with Gasteiger partial charge >= 0.3 is 5.69 Å². The average molecular weight is 393 g/mol. The third kappa shape index (κ3) is 2.29. The molecule has 2 aliphatic carbocycles. The van der Waals surface area contributed by atoms with E-state index in [1.165, 1.54) is 4.57 Å². The summed E-state index contributed by atoms with van der Waals surface area (Å²) in [5.41, 5.74) is 3.97. The smallest absolute Gasteiger partial charge is 0.340 e. The van der Waals surface area contributed by atoms with Gasteiger partial charge in [-0.05, 0) is 42.5 Å². The topological polar surface area (TPSA) is 77.6 Å². The first kappa shape index (κ1) is 16.6. The largest absolute Gasteiger partial charge is 0.349 e. The highest BCUT2D eigenvalue weighted by Gasteiger charge is 2.21. The van der Waals surface area contributed by atoms with Gasteiger partial charge < -0.3 is 4.98 Å². The molecule has 1 N–H and O–H groups in total. The molecule has 0 radical (unpaired) electrons. The lowest BCUT2D eigenvalue weighted by molar-refractivity contribution is 0.860. The van der Waals surface area contributed by atoms with Gasteiger partial charge in [0.05, 0.1) is 34.5 Å². The summed E-state index contributed by atoms with van der Waals surface area (Å²) in [4.78, 5) is 29.5. The quantitative estimate of drug-likeness (QED) is 0.579. The van der Waals surface area contributed by atoms with Crippen molar-refractivity contribution in [2.45, 2.75) is 0 Å². The molecule has 4 aromatic rings. The summed E-state index contributed by atoms with van der Waals surface area (Å²) < 4.78 is 4.53. The van der Waals surface area contributed by atoms with E-state index in [-0.39, 0.29) is 11.2 Å². The Morgan fingerprint density at radius 3 is 2.27 bits per heavy atom. The van der Waals surface area contributed by atoms with Crippen molar-refractivity contribution in [2.24, 2.45) is 0 Å². The van der Waals surface area contributed by atoms with Crippen LogP contribution in [-0.2, 0) is 0 Å². The molecule has 6 rings (SSSR count). The number of benzene rings is 1. The number of hydrogen-bond acceptors (Lipinski definition) is 3. The van der Waals surface area contributed by atoms with Gasteiger partial charge in [-0.25, -0.2) is 14.0 Å². The summed E-state index contributed by atoms with van der Waals surface area (Å²) >= 11 is 0. The van der Waals surface area contributed by atoms with E-state index in [0.29, 0.717) is 16.7 Å². The van der Waals surface area contributed by atoms with Crippen molar-refractivity contribution < 1.29 is 0 Å². The summed E-state index contributed by atoms with van der Waals surface area (Å²) in [6.07, 6.45) is 14.5. The number of aromatic amines is 1. The molecule has 7 nitrogen and oxygen atoms in total. The third-order valence-electron chi connectivity index (χ3n) is 5.34. The molecule has 144 valence electrons. The van der Waals surface area contributed by atoms with E-state index >= 15 is 0 Å². The van der Waals surface area contributed by atoms with Crippen LogP contribution in [0.1, 0.15) is 0 Å². The van der Waals surface area contributed by atoms with Crippen molar-refractivity contribution in [1.82, 2.24) is 23.9 Å². The zero-order chi connectivity index (χ0) is 20.2. The lowest BCUT2D eigenvalue weighted by atomic mass is 10.2. The van der Waals surface area contributed by atoms with Gasteiger partial charge in [0.2, 0.25) is 0 Å². The van der Waals surface area contributed by atoms with Gasteiger partial charge in [-0.15, -0.1) is 0 Å². The van der Waals surface area contributed by atoms with Crippen molar-refractivity contribution in [1.29, 1.82) is 0 Å². The lowest BCUT2D eigenvalue weighted by Crippen LogP contribution is -2.39. The fourth-order valence-corrected chi connectivity index (χ4v) is 3.66. The second-order valence-electron chi connectivity index (χ2n) is 7.11. The molecule has 1 aromatic carbocycles. The summed E-state index contributed by atoms with van der Waals surface area (Å²) in [7, 11) is 0. The van der Waals surface area contributed by atoms with Gasteiger partial charge in [-0.2, -0.15) is 5.10 Å². The fraction of sp³-hybridized carbons (Fsp3) is 0. The summed E-state index contributed by atoms with van der Waals surface area (Å²) in [6.45, 7) is 0. The van der Waals surface area contributed by atoms with E-state index < -0.39 is 0 Å². The van der Waals surface area contributed by atoms with Crippen molar-refractivity contribution in [3.8, 4) is 16.9 Å². The number of nitrogens with zero attached hydrogens (tertiary/aromatic N) is 4. The van der Waals surface area contributed by atoms with Crippen LogP contribution in [-0.4, -0.2) is 23.9 Å². The second kappa shape index (κ2) is 6.05. The van der Waals surface area contributed by atoms with Crippen molar-refractivity contribution in [3.05, 3.63) is 106 Å². The Morgan fingerprint density at radius 2 is 1.60 bits per heavy atom. The number of aromatic nitrogens is 5. The SMILES string of the molecule is O=c1c2[nH]c(-c3cnn(-c4ccccc4)c3)cc2n(C2=CC=C2)c(=O)n1C1=CC=C1. The Hall–Kier alpha value is -4.39. The van der Waals surface area contributed by atoms with Gasteiger partial charge in [0.1, 0.15) is 5.52 Å². The number of rotatable bonds is 4. The van der Waals surface area contributed by atoms with Gasteiger partial charge in [-0.1, -0.05) is 30.4 Å². The normalized spacial score (nSPS) is 14.4. The van der Waals surface area contributed by atoms with Gasteiger partial charge in [0, 0.05) is 11.8 Å². The minimum Gasteiger partial charge on any atom is -0.349 e. The zero-order valence-electron chi connectivity index (χ0n) is 15.7. The number of nitrogens with one attached hydrogen (secondary N) is 1. The summed E-state index contributed by atoms with van der Waals surface area (Å²) in [5, 5.41) is 4.43. The average Bonchev–Trinajstić information content (AvgIpc) is 3.33. The minimum absolute atomic E-state index is 0.368. The van der Waals surface area contributed by atoms with Crippen LogP contribution in [0.3, 0.4) is 0 Å². The standard InChI is InChI=1S/C23H15N5O2/c29-22-21-20(27(17-8-4-9-17)23(30)28(22)18-10-5-11-18)12-19(25-21)15-13-24-26(14-15)16-6-2-1-3-7-16/h1-14,25H. The van der Waals surface area contributed by atoms with Crippen LogP contribution in [0.25, 0.3) is 39.4 Å². The summed E-state index contributed by atoms with van der Waals surface area (Å²) in [6, 6.07) is 11.6. The number of para-hydroxylation sites is 1. The molecule has 0 saturated carbocycles. The first-order valence-corrected chi connectivity index (χ1v) is 9.49. The van der Waals surface area contributed by atoms with E-state index in [4.69, 9.17) is 0 Å². The Kier molecular flexibility index (Phi) is 3.34. The minimum atomic E-state index is -0.385. The first-order valence-electron chi connectivity index (χ1n) is 9.49. The predicted molar refractivity (Wildman–Crippen MR) is 116 cm³/mol. The van der Waals surface area contributed by atoms with Crippen LogP contribution in [0.15, 0.2) is 94.8 Å². The predicted octanol–water partition coefficient (Wildman–Crippen LogP) is 3.17. The van der Waals surface area contributed by atoms with E-state index in [1.54, 1.807) is 33.7 Å². The van der Waals surface area contributed by atoms with E-state index in [2.05, 4.69) is 10.1 Å². The fourth-order valence-electron chi connectivity index (χ4n) is 3.66. The van der Waals surface area contributed by atoms with Crippen LogP contribution in [0.2, 0.25) is 0 Å². The molecule has 0 aliphatic heterocycles. The highest BCUT2D eigenvalue weighted by Crippen LogP contribution is 2.26. The Bertz CT molecular complexity index is 1570. The molecule has 0 bridgehead atoms. The molecule has 3 heterocycles. The molecule has 0 spiro atoms. The first-order chi connectivity index (χ1) is 14.7. The maximum Gasteiger partial charge on any atom is 0.340 e. The maximum absolute atomic E-state index is 13.2. The van der Waals surface area contributed by atoms with Crippen LogP contribution in [0.4, 0.5) is 0 Å². The molecule has 0 atom stereocenters. The van der Waals surface area contributed by atoms with Crippen molar-refractivity contribution in [2.75, 3.05) is 0 Å². The van der Waals surface area contributed by atoms with E-state index in [0.717, 1.165) is 22.6 Å². The monoisotopic (exact) mass is 393 g/mol. The highest BCUT2D eigenvalue weighted by atomic mass is 16.2. The van der Waals surface area contributed by atoms with Crippen LogP contribution >= 0.6 is 0 Å². The molecule has 2 aliphatic rings. The Balaban J connectivity index is 1.56. The molecule has 0 fully saturated rings. The van der Waals surface area contributed by atoms with E-state index in [1.807, 2.05) is 60.8 Å². The highest BCUT2D eigenvalue weighted by molar-refractivity contribution is 5.87. The molecule has 30 heavy (non-hydrogen) atoms. The van der Waals surface area contributed by atoms with Gasteiger partial charge in [-0.3, -0.25) is 9.36 Å². The van der Waals surface area contributed by atoms with Crippen molar-refractivity contribution >= 4 is 22.4 Å². The Labute approximate surface area is 169 Å². The molecular formula is C23H15N5O2. The van der Waals surface area contributed by atoms with E-state index in [9.17, 15) is 9.59 Å². The third-order valence-corrected chi connectivity index (χ3v) is 5.34. The molecule has 0 unspecified atom stereocenters. The molecule has 3 aromatic heterocycles. The van der Waals surface area contributed by atoms with Crippen LogP contribution in [0.5, 0.6) is 0 Å². The number of H-pyrrole nitrogens is 1. The molecule has 0 amide bonds. The summed E-state index contributed by atoms with van der Waals surface area (Å²) in [5.74, 6) is 0. The second-order valence-corrected chi connectivity index (χ2v) is 7.11. The number of fused-ring (bicyclic) bond motifs is 1.